The Morgan fingerprint density at radius 3 is 2.07 bits per heavy atom. The lowest BCUT2D eigenvalue weighted by molar-refractivity contribution is -0.485. The number of fused-ring (bicyclic) bond motifs is 2. The smallest absolute Gasteiger partial charge is 0.0645 e. The molecule has 0 spiro atoms. The standard InChI is InChI=1S/C22H44N2O3.C2H6/c1-10-18(3,4)24(27-26-23)19(5,6)22-12-16(2)11-17(14-22)13-21(9,15-22)20(7,8)25;1-2/h16-17,25H,10-15,23H2,1-9H3;1-2H3. The summed E-state index contributed by atoms with van der Waals surface area (Å²) in [7, 11) is 0. The van der Waals surface area contributed by atoms with Crippen LogP contribution in [0.3, 0.4) is 0 Å². The fraction of sp³-hybridized carbons (Fsp3) is 1.00. The topological polar surface area (TPSA) is 68.0 Å². The minimum Gasteiger partial charge on any atom is -0.390 e. The van der Waals surface area contributed by atoms with Gasteiger partial charge in [-0.25, -0.2) is 0 Å². The van der Waals surface area contributed by atoms with Gasteiger partial charge in [-0.1, -0.05) is 34.6 Å². The number of rotatable bonds is 7. The Morgan fingerprint density at radius 1 is 1.07 bits per heavy atom. The van der Waals surface area contributed by atoms with E-state index in [9.17, 15) is 5.11 Å². The lowest BCUT2D eigenvalue weighted by Gasteiger charge is -2.65. The Bertz CT molecular complexity index is 525. The summed E-state index contributed by atoms with van der Waals surface area (Å²) in [5, 5.41) is 13.1. The Morgan fingerprint density at radius 2 is 1.62 bits per heavy atom. The van der Waals surface area contributed by atoms with Crippen LogP contribution in [0.15, 0.2) is 0 Å². The molecule has 0 heterocycles. The molecule has 2 fully saturated rings. The molecule has 0 saturated heterocycles. The highest BCUT2D eigenvalue weighted by atomic mass is 17.3. The molecule has 3 N–H and O–H groups in total. The summed E-state index contributed by atoms with van der Waals surface area (Å²) in [5.41, 5.74) is -1.35. The molecule has 29 heavy (non-hydrogen) atoms. The third-order valence-electron chi connectivity index (χ3n) is 8.44. The first-order valence-corrected chi connectivity index (χ1v) is 11.7. The molecular formula is C24H50N2O3. The van der Waals surface area contributed by atoms with Crippen LogP contribution in [-0.4, -0.2) is 26.8 Å². The molecule has 5 heteroatoms. The summed E-state index contributed by atoms with van der Waals surface area (Å²) in [6, 6.07) is 0. The molecule has 2 saturated carbocycles. The van der Waals surface area contributed by atoms with Gasteiger partial charge in [-0.2, -0.15) is 5.90 Å². The van der Waals surface area contributed by atoms with Gasteiger partial charge in [0.25, 0.3) is 0 Å². The Labute approximate surface area is 180 Å². The molecular weight excluding hydrogens is 364 g/mol. The molecule has 0 radical (unpaired) electrons. The van der Waals surface area contributed by atoms with Gasteiger partial charge in [0.2, 0.25) is 0 Å². The van der Waals surface area contributed by atoms with Crippen molar-refractivity contribution in [1.82, 2.24) is 5.06 Å². The SMILES string of the molecule is CC.CCC(C)(C)N(OON)C(C)(C)C12CC(C)CC(CC(C)(C(C)(C)O)C1)C2. The third-order valence-corrected chi connectivity index (χ3v) is 8.44. The second-order valence-electron chi connectivity index (χ2n) is 11.6. The van der Waals surface area contributed by atoms with Gasteiger partial charge >= 0.3 is 0 Å². The van der Waals surface area contributed by atoms with Crippen molar-refractivity contribution in [2.45, 2.75) is 131 Å². The van der Waals surface area contributed by atoms with E-state index in [0.717, 1.165) is 25.7 Å². The molecule has 0 amide bonds. The molecule has 4 unspecified atom stereocenters. The van der Waals surface area contributed by atoms with Crippen LogP contribution in [0.25, 0.3) is 0 Å². The van der Waals surface area contributed by atoms with E-state index in [2.05, 4.69) is 48.5 Å². The second kappa shape index (κ2) is 9.12. The molecule has 174 valence electrons. The van der Waals surface area contributed by atoms with Crippen LogP contribution in [-0.2, 0) is 9.98 Å². The number of hydrogen-bond acceptors (Lipinski definition) is 5. The first-order valence-electron chi connectivity index (χ1n) is 11.7. The molecule has 5 nitrogen and oxygen atoms in total. The van der Waals surface area contributed by atoms with Crippen LogP contribution in [0.1, 0.15) is 115 Å². The molecule has 0 aliphatic heterocycles. The van der Waals surface area contributed by atoms with E-state index in [1.807, 2.05) is 32.8 Å². The lowest BCUT2D eigenvalue weighted by Crippen LogP contribution is -2.67. The highest BCUT2D eigenvalue weighted by Crippen LogP contribution is 2.65. The van der Waals surface area contributed by atoms with E-state index >= 15 is 0 Å². The maximum Gasteiger partial charge on any atom is 0.0645 e. The zero-order valence-electron chi connectivity index (χ0n) is 21.2. The number of hydroxylamine groups is 2. The molecule has 2 rings (SSSR count). The summed E-state index contributed by atoms with van der Waals surface area (Å²) in [4.78, 5) is 10.4. The summed E-state index contributed by atoms with van der Waals surface area (Å²) < 4.78 is 0. The van der Waals surface area contributed by atoms with Crippen molar-refractivity contribution in [2.24, 2.45) is 28.6 Å². The van der Waals surface area contributed by atoms with Gasteiger partial charge in [-0.15, -0.1) is 15.0 Å². The van der Waals surface area contributed by atoms with E-state index in [1.54, 1.807) is 0 Å². The second-order valence-corrected chi connectivity index (χ2v) is 11.6. The zero-order valence-corrected chi connectivity index (χ0v) is 21.2. The van der Waals surface area contributed by atoms with Gasteiger partial charge in [0, 0.05) is 11.1 Å². The predicted molar refractivity (Wildman–Crippen MR) is 121 cm³/mol. The van der Waals surface area contributed by atoms with Gasteiger partial charge in [-0.3, -0.25) is 0 Å². The molecule has 4 atom stereocenters. The Kier molecular flexibility index (Phi) is 8.44. The van der Waals surface area contributed by atoms with Crippen LogP contribution in [0.5, 0.6) is 0 Å². The number of hydrogen-bond donors (Lipinski definition) is 2. The first kappa shape index (κ1) is 26.8. The van der Waals surface area contributed by atoms with E-state index in [1.165, 1.54) is 12.8 Å². The van der Waals surface area contributed by atoms with E-state index in [-0.39, 0.29) is 21.9 Å². The normalized spacial score (nSPS) is 33.3. The molecule has 0 aromatic rings. The van der Waals surface area contributed by atoms with Crippen molar-refractivity contribution >= 4 is 0 Å². The molecule has 2 aliphatic carbocycles. The maximum absolute atomic E-state index is 11.1. The summed E-state index contributed by atoms with van der Waals surface area (Å²) in [6.45, 7) is 23.7. The van der Waals surface area contributed by atoms with Crippen LogP contribution < -0.4 is 5.90 Å². The van der Waals surface area contributed by atoms with E-state index in [4.69, 9.17) is 15.9 Å². The highest BCUT2D eigenvalue weighted by molar-refractivity contribution is 5.12. The van der Waals surface area contributed by atoms with Crippen molar-refractivity contribution < 1.29 is 15.1 Å². The largest absolute Gasteiger partial charge is 0.390 e. The highest BCUT2D eigenvalue weighted by Gasteiger charge is 2.62. The van der Waals surface area contributed by atoms with Gasteiger partial charge in [0.05, 0.1) is 5.60 Å². The maximum atomic E-state index is 11.1. The number of nitrogens with two attached hydrogens (primary N) is 1. The van der Waals surface area contributed by atoms with Gasteiger partial charge in [-0.05, 0) is 103 Å². The predicted octanol–water partition coefficient (Wildman–Crippen LogP) is 6.01. The zero-order chi connectivity index (χ0) is 22.9. The summed E-state index contributed by atoms with van der Waals surface area (Å²) >= 11 is 0. The number of nitrogens with zero attached hydrogens (tertiary/aromatic N) is 1. The van der Waals surface area contributed by atoms with Crippen molar-refractivity contribution in [3.8, 4) is 0 Å². The fourth-order valence-electron chi connectivity index (χ4n) is 6.33. The van der Waals surface area contributed by atoms with Gasteiger partial charge < -0.3 is 5.11 Å². The summed E-state index contributed by atoms with van der Waals surface area (Å²) in [6.07, 6.45) is 6.52. The minimum atomic E-state index is -0.718. The van der Waals surface area contributed by atoms with Crippen molar-refractivity contribution in [3.05, 3.63) is 0 Å². The lowest BCUT2D eigenvalue weighted by atomic mass is 9.45. The van der Waals surface area contributed by atoms with Gasteiger partial charge in [0.1, 0.15) is 0 Å². The minimum absolute atomic E-state index is 0.0211. The first-order chi connectivity index (χ1) is 13.1. The monoisotopic (exact) mass is 414 g/mol. The summed E-state index contributed by atoms with van der Waals surface area (Å²) in [5.74, 6) is 6.67. The van der Waals surface area contributed by atoms with Crippen LogP contribution in [0, 0.1) is 22.7 Å². The molecule has 0 aromatic heterocycles. The molecule has 0 aromatic carbocycles. The van der Waals surface area contributed by atoms with Gasteiger partial charge in [0.15, 0.2) is 0 Å². The van der Waals surface area contributed by atoms with E-state index < -0.39 is 5.60 Å². The van der Waals surface area contributed by atoms with Crippen molar-refractivity contribution in [3.63, 3.8) is 0 Å². The number of aliphatic hydroxyl groups is 1. The van der Waals surface area contributed by atoms with Crippen LogP contribution >= 0.6 is 0 Å². The Hall–Kier alpha value is -0.200. The van der Waals surface area contributed by atoms with Crippen molar-refractivity contribution in [1.29, 1.82) is 0 Å². The average molecular weight is 415 g/mol. The van der Waals surface area contributed by atoms with Crippen molar-refractivity contribution in [2.75, 3.05) is 0 Å². The fourth-order valence-corrected chi connectivity index (χ4v) is 6.33. The Balaban J connectivity index is 0.00000204. The molecule has 2 aliphatic rings. The van der Waals surface area contributed by atoms with Crippen LogP contribution in [0.2, 0.25) is 0 Å². The molecule has 2 bridgehead atoms. The van der Waals surface area contributed by atoms with Crippen LogP contribution in [0.4, 0.5) is 0 Å². The quantitative estimate of drug-likeness (QED) is 0.394. The average Bonchev–Trinajstić information content (AvgIpc) is 2.58. The van der Waals surface area contributed by atoms with E-state index in [0.29, 0.717) is 11.8 Å². The third kappa shape index (κ3) is 5.01.